The van der Waals surface area contributed by atoms with Gasteiger partial charge in [0.1, 0.15) is 13.2 Å². The highest BCUT2D eigenvalue weighted by Gasteiger charge is 2.19. The maximum atomic E-state index is 12.7. The van der Waals surface area contributed by atoms with Crippen LogP contribution in [0.15, 0.2) is 72.9 Å². The molecule has 0 saturated heterocycles. The molecule has 0 amide bonds. The first-order valence-electron chi connectivity index (χ1n) is 26.9. The van der Waals surface area contributed by atoms with Gasteiger partial charge >= 0.3 is 17.9 Å². The van der Waals surface area contributed by atoms with Crippen molar-refractivity contribution < 1.29 is 28.6 Å². The van der Waals surface area contributed by atoms with Crippen LogP contribution in [0.1, 0.15) is 258 Å². The quantitative estimate of drug-likeness (QED) is 0.0262. The Balaban J connectivity index is 4.07. The first-order valence-corrected chi connectivity index (χ1v) is 26.9. The molecule has 0 aliphatic rings. The molecular formula is C58H100O6. The van der Waals surface area contributed by atoms with Gasteiger partial charge in [-0.15, -0.1) is 0 Å². The second-order valence-electron chi connectivity index (χ2n) is 17.8. The fourth-order valence-electron chi connectivity index (χ4n) is 7.41. The summed E-state index contributed by atoms with van der Waals surface area (Å²) < 4.78 is 16.7. The highest BCUT2D eigenvalue weighted by atomic mass is 16.6. The molecule has 0 aromatic carbocycles. The van der Waals surface area contributed by atoms with Gasteiger partial charge in [-0.05, 0) is 83.5 Å². The SMILES string of the molecule is CC/C=C\C/C=C\C/C=C\C/C=C\CCCCCCCCCCCCCCCCC(=O)OCC(COC(=O)CCCCCCCC)OC(=O)CCCCCCC/C=C\C/C=C\CCC. The zero-order valence-corrected chi connectivity index (χ0v) is 42.0. The van der Waals surface area contributed by atoms with E-state index in [4.69, 9.17) is 14.2 Å². The molecule has 0 N–H and O–H groups in total. The minimum Gasteiger partial charge on any atom is -0.462 e. The maximum absolute atomic E-state index is 12.7. The molecule has 0 aliphatic heterocycles. The number of carbonyl (C=O) groups is 3. The van der Waals surface area contributed by atoms with Crippen LogP contribution in [0.2, 0.25) is 0 Å². The van der Waals surface area contributed by atoms with E-state index in [2.05, 4.69) is 93.7 Å². The lowest BCUT2D eigenvalue weighted by atomic mass is 10.0. The minimum atomic E-state index is -0.777. The second kappa shape index (κ2) is 52.5. The molecule has 0 fully saturated rings. The molecule has 0 heterocycles. The molecule has 6 nitrogen and oxygen atoms in total. The van der Waals surface area contributed by atoms with E-state index >= 15 is 0 Å². The number of rotatable bonds is 48. The summed E-state index contributed by atoms with van der Waals surface area (Å²) >= 11 is 0. The lowest BCUT2D eigenvalue weighted by Crippen LogP contribution is -2.30. The van der Waals surface area contributed by atoms with Gasteiger partial charge in [0.25, 0.3) is 0 Å². The lowest BCUT2D eigenvalue weighted by Gasteiger charge is -2.18. The molecule has 0 rings (SSSR count). The van der Waals surface area contributed by atoms with Gasteiger partial charge in [-0.3, -0.25) is 14.4 Å². The largest absolute Gasteiger partial charge is 0.462 e. The molecule has 0 radical (unpaired) electrons. The topological polar surface area (TPSA) is 78.9 Å². The Labute approximate surface area is 395 Å². The van der Waals surface area contributed by atoms with Gasteiger partial charge in [-0.2, -0.15) is 0 Å². The van der Waals surface area contributed by atoms with Gasteiger partial charge in [-0.1, -0.05) is 229 Å². The van der Waals surface area contributed by atoms with Crippen LogP contribution in [0.25, 0.3) is 0 Å². The fraction of sp³-hybridized carbons (Fsp3) is 0.741. The van der Waals surface area contributed by atoms with Crippen LogP contribution in [0.3, 0.4) is 0 Å². The smallest absolute Gasteiger partial charge is 0.306 e. The van der Waals surface area contributed by atoms with Crippen molar-refractivity contribution in [1.29, 1.82) is 0 Å². The highest BCUT2D eigenvalue weighted by Crippen LogP contribution is 2.15. The van der Waals surface area contributed by atoms with Crippen LogP contribution in [-0.4, -0.2) is 37.2 Å². The Bertz CT molecular complexity index is 1210. The van der Waals surface area contributed by atoms with Crippen molar-refractivity contribution in [3.05, 3.63) is 72.9 Å². The number of esters is 3. The van der Waals surface area contributed by atoms with Gasteiger partial charge in [0, 0.05) is 19.3 Å². The highest BCUT2D eigenvalue weighted by molar-refractivity contribution is 5.71. The van der Waals surface area contributed by atoms with E-state index in [1.807, 2.05) is 0 Å². The van der Waals surface area contributed by atoms with E-state index in [9.17, 15) is 14.4 Å². The molecule has 0 aromatic heterocycles. The fourth-order valence-corrected chi connectivity index (χ4v) is 7.41. The number of ether oxygens (including phenoxy) is 3. The number of hydrogen-bond acceptors (Lipinski definition) is 6. The van der Waals surface area contributed by atoms with Gasteiger partial charge in [0.2, 0.25) is 0 Å². The van der Waals surface area contributed by atoms with Crippen molar-refractivity contribution in [3.8, 4) is 0 Å². The van der Waals surface area contributed by atoms with E-state index < -0.39 is 6.10 Å². The number of hydrogen-bond donors (Lipinski definition) is 0. The summed E-state index contributed by atoms with van der Waals surface area (Å²) in [6.07, 6.45) is 66.4. The third-order valence-electron chi connectivity index (χ3n) is 11.4. The van der Waals surface area contributed by atoms with E-state index in [-0.39, 0.29) is 31.1 Å². The van der Waals surface area contributed by atoms with Gasteiger partial charge < -0.3 is 14.2 Å². The van der Waals surface area contributed by atoms with Crippen LogP contribution >= 0.6 is 0 Å². The molecular weight excluding hydrogens is 793 g/mol. The van der Waals surface area contributed by atoms with Crippen LogP contribution in [-0.2, 0) is 28.6 Å². The molecule has 0 saturated carbocycles. The van der Waals surface area contributed by atoms with Crippen LogP contribution in [0.4, 0.5) is 0 Å². The summed E-state index contributed by atoms with van der Waals surface area (Å²) in [6.45, 7) is 6.39. The summed E-state index contributed by atoms with van der Waals surface area (Å²) in [7, 11) is 0. The Kier molecular flexibility index (Phi) is 49.9. The van der Waals surface area contributed by atoms with Gasteiger partial charge in [0.15, 0.2) is 6.10 Å². The van der Waals surface area contributed by atoms with Crippen molar-refractivity contribution in [3.63, 3.8) is 0 Å². The Morgan fingerprint density at radius 2 is 0.641 bits per heavy atom. The average Bonchev–Trinajstić information content (AvgIpc) is 3.29. The standard InChI is InChI=1S/C58H100O6/c1-4-7-10-13-16-18-20-22-23-24-25-26-27-28-29-30-31-32-33-34-35-37-38-40-42-45-48-51-57(60)63-54-55(53-62-56(59)50-47-44-15-12-9-6-3)64-58(61)52-49-46-43-41-39-36-21-19-17-14-11-8-5-2/h7,10-11,14,16,18-19,21-23,25-26,55H,4-6,8-9,12-13,15,17,20,24,27-54H2,1-3H3/b10-7-,14-11-,18-16-,21-19-,23-22-,26-25-. The Hall–Kier alpha value is -3.15. The van der Waals surface area contributed by atoms with Crippen LogP contribution < -0.4 is 0 Å². The lowest BCUT2D eigenvalue weighted by molar-refractivity contribution is -0.167. The zero-order chi connectivity index (χ0) is 46.5. The zero-order valence-electron chi connectivity index (χ0n) is 42.0. The third kappa shape index (κ3) is 49.9. The van der Waals surface area contributed by atoms with Crippen LogP contribution in [0.5, 0.6) is 0 Å². The van der Waals surface area contributed by atoms with Crippen molar-refractivity contribution in [1.82, 2.24) is 0 Å². The Morgan fingerprint density at radius 3 is 1.02 bits per heavy atom. The summed E-state index contributed by atoms with van der Waals surface area (Å²) in [5, 5.41) is 0. The maximum Gasteiger partial charge on any atom is 0.306 e. The summed E-state index contributed by atoms with van der Waals surface area (Å²) in [4.78, 5) is 37.7. The van der Waals surface area contributed by atoms with Crippen molar-refractivity contribution in [2.24, 2.45) is 0 Å². The molecule has 0 spiro atoms. The summed E-state index contributed by atoms with van der Waals surface area (Å²) in [6, 6.07) is 0. The van der Waals surface area contributed by atoms with E-state index in [0.29, 0.717) is 19.3 Å². The molecule has 64 heavy (non-hydrogen) atoms. The van der Waals surface area contributed by atoms with E-state index in [1.165, 1.54) is 103 Å². The predicted octanol–water partition coefficient (Wildman–Crippen LogP) is 17.8. The third-order valence-corrected chi connectivity index (χ3v) is 11.4. The normalized spacial score (nSPS) is 12.6. The molecule has 6 heteroatoms. The first kappa shape index (κ1) is 60.9. The van der Waals surface area contributed by atoms with Crippen LogP contribution in [0, 0.1) is 0 Å². The first-order chi connectivity index (χ1) is 31.5. The van der Waals surface area contributed by atoms with Gasteiger partial charge in [-0.25, -0.2) is 0 Å². The molecule has 1 atom stereocenters. The molecule has 1 unspecified atom stereocenters. The van der Waals surface area contributed by atoms with Crippen molar-refractivity contribution in [2.45, 2.75) is 264 Å². The molecule has 0 aliphatic carbocycles. The monoisotopic (exact) mass is 893 g/mol. The molecule has 0 bridgehead atoms. The summed E-state index contributed by atoms with van der Waals surface area (Å²) in [5.41, 5.74) is 0. The number of carbonyl (C=O) groups excluding carboxylic acids is 3. The van der Waals surface area contributed by atoms with Gasteiger partial charge in [0.05, 0.1) is 0 Å². The van der Waals surface area contributed by atoms with Crippen molar-refractivity contribution in [2.75, 3.05) is 13.2 Å². The molecule has 0 aromatic rings. The Morgan fingerprint density at radius 1 is 0.328 bits per heavy atom. The van der Waals surface area contributed by atoms with E-state index in [0.717, 1.165) is 116 Å². The number of unbranched alkanes of at least 4 members (excludes halogenated alkanes) is 25. The van der Waals surface area contributed by atoms with Crippen molar-refractivity contribution >= 4 is 17.9 Å². The summed E-state index contributed by atoms with van der Waals surface area (Å²) in [5.74, 6) is -0.902. The molecule has 368 valence electrons. The number of allylic oxidation sites excluding steroid dienone is 12. The minimum absolute atomic E-state index is 0.0799. The second-order valence-corrected chi connectivity index (χ2v) is 17.8. The van der Waals surface area contributed by atoms with E-state index in [1.54, 1.807) is 0 Å². The average molecular weight is 893 g/mol. The predicted molar refractivity (Wildman–Crippen MR) is 274 cm³/mol.